The first-order valence-electron chi connectivity index (χ1n) is 6.68. The molecule has 2 rings (SSSR count). The molecule has 0 aromatic heterocycles. The number of aryl methyl sites for hydroxylation is 1. The molecule has 0 spiro atoms. The number of benzene rings is 2. The molecule has 0 aliphatic heterocycles. The Morgan fingerprint density at radius 2 is 1.90 bits per heavy atom. The molecule has 0 aliphatic rings. The van der Waals surface area contributed by atoms with E-state index in [0.717, 1.165) is 16.7 Å². The second-order valence-corrected chi connectivity index (χ2v) is 4.97. The van der Waals surface area contributed by atoms with E-state index in [1.807, 2.05) is 14.0 Å². The van der Waals surface area contributed by atoms with Crippen LogP contribution in [0.15, 0.2) is 42.5 Å². The second-order valence-electron chi connectivity index (χ2n) is 4.97. The lowest BCUT2D eigenvalue weighted by Gasteiger charge is -2.19. The normalized spacial score (nSPS) is 12.1. The van der Waals surface area contributed by atoms with Crippen molar-refractivity contribution in [3.05, 3.63) is 75.1 Å². The highest BCUT2D eigenvalue weighted by Crippen LogP contribution is 2.23. The molecule has 5 heteroatoms. The molecular weight excluding hydrogens is 271 g/mol. The number of halogens is 1. The fraction of sp³-hybridized carbons (Fsp3) is 0.250. The van der Waals surface area contributed by atoms with E-state index in [2.05, 4.69) is 5.32 Å². The SMILES string of the molecule is CNC(Cc1ccc([N+](=O)[O-])cc1)c1ccc(F)cc1C. The first kappa shape index (κ1) is 15.1. The van der Waals surface area contributed by atoms with Gasteiger partial charge in [0.25, 0.3) is 5.69 Å². The molecule has 0 aliphatic carbocycles. The van der Waals surface area contributed by atoms with Crippen LogP contribution in [0.1, 0.15) is 22.7 Å². The first-order valence-corrected chi connectivity index (χ1v) is 6.68. The van der Waals surface area contributed by atoms with Gasteiger partial charge in [0.1, 0.15) is 5.82 Å². The van der Waals surface area contributed by atoms with Crippen molar-refractivity contribution in [3.8, 4) is 0 Å². The van der Waals surface area contributed by atoms with Gasteiger partial charge in [-0.1, -0.05) is 18.2 Å². The smallest absolute Gasteiger partial charge is 0.269 e. The minimum atomic E-state index is -0.413. The predicted octanol–water partition coefficient (Wildman–Crippen LogP) is 3.55. The maximum Gasteiger partial charge on any atom is 0.269 e. The van der Waals surface area contributed by atoms with Crippen LogP contribution in [0, 0.1) is 22.9 Å². The largest absolute Gasteiger partial charge is 0.313 e. The molecule has 2 aromatic carbocycles. The third kappa shape index (κ3) is 3.64. The maximum atomic E-state index is 13.2. The van der Waals surface area contributed by atoms with Crippen molar-refractivity contribution >= 4 is 5.69 Å². The second kappa shape index (κ2) is 6.45. The molecule has 0 amide bonds. The molecule has 0 bridgehead atoms. The Kier molecular flexibility index (Phi) is 4.65. The molecule has 0 saturated heterocycles. The van der Waals surface area contributed by atoms with Crippen LogP contribution in [0.25, 0.3) is 0 Å². The molecule has 21 heavy (non-hydrogen) atoms. The maximum absolute atomic E-state index is 13.2. The van der Waals surface area contributed by atoms with Gasteiger partial charge >= 0.3 is 0 Å². The Labute approximate surface area is 122 Å². The molecule has 0 heterocycles. The summed E-state index contributed by atoms with van der Waals surface area (Å²) < 4.78 is 13.2. The van der Waals surface area contributed by atoms with Crippen molar-refractivity contribution in [3.63, 3.8) is 0 Å². The van der Waals surface area contributed by atoms with Crippen molar-refractivity contribution in [2.24, 2.45) is 0 Å². The molecule has 4 nitrogen and oxygen atoms in total. The van der Waals surface area contributed by atoms with E-state index in [-0.39, 0.29) is 17.5 Å². The van der Waals surface area contributed by atoms with E-state index in [9.17, 15) is 14.5 Å². The van der Waals surface area contributed by atoms with Gasteiger partial charge in [0, 0.05) is 18.2 Å². The molecule has 1 unspecified atom stereocenters. The Balaban J connectivity index is 2.20. The van der Waals surface area contributed by atoms with Gasteiger partial charge in [0.05, 0.1) is 4.92 Å². The fourth-order valence-corrected chi connectivity index (χ4v) is 2.39. The van der Waals surface area contributed by atoms with Crippen LogP contribution in [0.4, 0.5) is 10.1 Å². The highest BCUT2D eigenvalue weighted by molar-refractivity contribution is 5.35. The number of hydrogen-bond acceptors (Lipinski definition) is 3. The fourth-order valence-electron chi connectivity index (χ4n) is 2.39. The Hall–Kier alpha value is -2.27. The number of nitrogens with zero attached hydrogens (tertiary/aromatic N) is 1. The molecule has 110 valence electrons. The van der Waals surface area contributed by atoms with Crippen LogP contribution in [0.2, 0.25) is 0 Å². The summed E-state index contributed by atoms with van der Waals surface area (Å²) in [5, 5.41) is 13.9. The van der Waals surface area contributed by atoms with Crippen molar-refractivity contribution in [2.75, 3.05) is 7.05 Å². The topological polar surface area (TPSA) is 55.2 Å². The van der Waals surface area contributed by atoms with Gasteiger partial charge in [-0.2, -0.15) is 0 Å². The quantitative estimate of drug-likeness (QED) is 0.676. The lowest BCUT2D eigenvalue weighted by molar-refractivity contribution is -0.384. The van der Waals surface area contributed by atoms with Gasteiger partial charge in [-0.3, -0.25) is 10.1 Å². The number of rotatable bonds is 5. The number of non-ortho nitro benzene ring substituents is 1. The number of likely N-dealkylation sites (N-methyl/N-ethyl adjacent to an activating group) is 1. The van der Waals surface area contributed by atoms with Crippen LogP contribution in [0.5, 0.6) is 0 Å². The summed E-state index contributed by atoms with van der Waals surface area (Å²) in [6, 6.07) is 11.3. The average Bonchev–Trinajstić information content (AvgIpc) is 2.46. The van der Waals surface area contributed by atoms with Crippen molar-refractivity contribution < 1.29 is 9.31 Å². The number of hydrogen-bond donors (Lipinski definition) is 1. The van der Waals surface area contributed by atoms with Crippen molar-refractivity contribution in [2.45, 2.75) is 19.4 Å². The van der Waals surface area contributed by atoms with Crippen LogP contribution >= 0.6 is 0 Å². The zero-order chi connectivity index (χ0) is 15.4. The third-order valence-electron chi connectivity index (χ3n) is 3.54. The zero-order valence-corrected chi connectivity index (χ0v) is 12.0. The Bertz CT molecular complexity index is 641. The first-order chi connectivity index (χ1) is 10.0. The summed E-state index contributed by atoms with van der Waals surface area (Å²) in [6.45, 7) is 1.87. The minimum absolute atomic E-state index is 0.0343. The molecule has 0 fully saturated rings. The summed E-state index contributed by atoms with van der Waals surface area (Å²) in [6.07, 6.45) is 0.682. The third-order valence-corrected chi connectivity index (χ3v) is 3.54. The monoisotopic (exact) mass is 288 g/mol. The molecule has 0 radical (unpaired) electrons. The van der Waals surface area contributed by atoms with E-state index in [1.165, 1.54) is 24.3 Å². The van der Waals surface area contributed by atoms with Gasteiger partial charge in [0.15, 0.2) is 0 Å². The van der Waals surface area contributed by atoms with E-state index < -0.39 is 4.92 Å². The number of nitro benzene ring substituents is 1. The Morgan fingerprint density at radius 1 is 1.24 bits per heavy atom. The zero-order valence-electron chi connectivity index (χ0n) is 12.0. The standard InChI is InChI=1S/C16H17FN2O2/c1-11-9-13(17)5-8-15(11)16(18-2)10-12-3-6-14(7-4-12)19(20)21/h3-9,16,18H,10H2,1-2H3. The van der Waals surface area contributed by atoms with Gasteiger partial charge < -0.3 is 5.32 Å². The predicted molar refractivity (Wildman–Crippen MR) is 79.7 cm³/mol. The van der Waals surface area contributed by atoms with E-state index >= 15 is 0 Å². The molecular formula is C16H17FN2O2. The van der Waals surface area contributed by atoms with E-state index in [4.69, 9.17) is 0 Å². The lowest BCUT2D eigenvalue weighted by Crippen LogP contribution is -2.20. The van der Waals surface area contributed by atoms with Crippen LogP contribution in [0.3, 0.4) is 0 Å². The van der Waals surface area contributed by atoms with E-state index in [1.54, 1.807) is 18.2 Å². The summed E-state index contributed by atoms with van der Waals surface area (Å²) >= 11 is 0. The van der Waals surface area contributed by atoms with Gasteiger partial charge in [-0.15, -0.1) is 0 Å². The average molecular weight is 288 g/mol. The lowest BCUT2D eigenvalue weighted by atomic mass is 9.95. The van der Waals surface area contributed by atoms with Crippen LogP contribution in [-0.2, 0) is 6.42 Å². The molecule has 1 atom stereocenters. The summed E-state index contributed by atoms with van der Waals surface area (Å²) in [5.74, 6) is -0.249. The Morgan fingerprint density at radius 3 is 2.43 bits per heavy atom. The van der Waals surface area contributed by atoms with E-state index in [0.29, 0.717) is 6.42 Å². The molecule has 0 saturated carbocycles. The van der Waals surface area contributed by atoms with Crippen molar-refractivity contribution in [1.29, 1.82) is 0 Å². The number of nitrogens with one attached hydrogen (secondary N) is 1. The minimum Gasteiger partial charge on any atom is -0.313 e. The highest BCUT2D eigenvalue weighted by Gasteiger charge is 2.14. The van der Waals surface area contributed by atoms with Crippen molar-refractivity contribution in [1.82, 2.24) is 5.32 Å². The van der Waals surface area contributed by atoms with Crippen LogP contribution in [-0.4, -0.2) is 12.0 Å². The van der Waals surface area contributed by atoms with Crippen LogP contribution < -0.4 is 5.32 Å². The number of nitro groups is 1. The summed E-state index contributed by atoms with van der Waals surface area (Å²) in [7, 11) is 1.85. The van der Waals surface area contributed by atoms with Gasteiger partial charge in [-0.25, -0.2) is 4.39 Å². The molecule has 2 aromatic rings. The van der Waals surface area contributed by atoms with Gasteiger partial charge in [0.2, 0.25) is 0 Å². The summed E-state index contributed by atoms with van der Waals surface area (Å²) in [5.41, 5.74) is 2.98. The highest BCUT2D eigenvalue weighted by atomic mass is 19.1. The molecule has 1 N–H and O–H groups in total. The van der Waals surface area contributed by atoms with Gasteiger partial charge in [-0.05, 0) is 49.2 Å². The summed E-state index contributed by atoms with van der Waals surface area (Å²) in [4.78, 5) is 10.2.